The van der Waals surface area contributed by atoms with Crippen molar-refractivity contribution in [2.24, 2.45) is 0 Å². The highest BCUT2D eigenvalue weighted by atomic mass is 19.1. The Hall–Kier alpha value is -1.92. The number of nitrogens with one attached hydrogen (secondary N) is 2. The van der Waals surface area contributed by atoms with Crippen LogP contribution >= 0.6 is 0 Å². The van der Waals surface area contributed by atoms with Crippen molar-refractivity contribution >= 4 is 6.03 Å². The number of ether oxygens (including phenoxy) is 1. The van der Waals surface area contributed by atoms with Crippen LogP contribution in [0.5, 0.6) is 6.01 Å². The molecule has 0 aliphatic heterocycles. The fourth-order valence-electron chi connectivity index (χ4n) is 2.32. The van der Waals surface area contributed by atoms with Gasteiger partial charge in [-0.15, -0.1) is 0 Å². The number of carbonyl (C=O) groups is 1. The maximum Gasteiger partial charge on any atom is 0.316 e. The maximum atomic E-state index is 12.7. The monoisotopic (exact) mass is 296 g/mol. The quantitative estimate of drug-likeness (QED) is 0.891. The number of amides is 2. The summed E-state index contributed by atoms with van der Waals surface area (Å²) < 4.78 is 18.3. The molecule has 0 spiro atoms. The topological polar surface area (TPSA) is 76.1 Å². The molecule has 2 amide bonds. The normalized spacial score (nSPS) is 21.9. The Labute approximate surface area is 123 Å². The zero-order valence-electron chi connectivity index (χ0n) is 12.3. The average molecular weight is 296 g/mol. The van der Waals surface area contributed by atoms with E-state index in [1.807, 2.05) is 13.8 Å². The van der Waals surface area contributed by atoms with E-state index in [-0.39, 0.29) is 30.2 Å². The van der Waals surface area contributed by atoms with Crippen LogP contribution in [0.4, 0.5) is 9.18 Å². The van der Waals surface area contributed by atoms with Crippen LogP contribution in [0.3, 0.4) is 0 Å². The minimum absolute atomic E-state index is 0.0154. The molecule has 1 aliphatic rings. The van der Waals surface area contributed by atoms with E-state index in [0.717, 1.165) is 38.1 Å². The molecule has 2 N–H and O–H groups in total. The predicted molar refractivity (Wildman–Crippen MR) is 75.5 cm³/mol. The van der Waals surface area contributed by atoms with Gasteiger partial charge < -0.3 is 15.4 Å². The second-order valence-corrected chi connectivity index (χ2v) is 5.55. The Morgan fingerprint density at radius 3 is 2.48 bits per heavy atom. The second kappa shape index (κ2) is 7.19. The van der Waals surface area contributed by atoms with Crippen molar-refractivity contribution in [1.29, 1.82) is 0 Å². The number of aromatic nitrogens is 2. The third-order valence-electron chi connectivity index (χ3n) is 3.30. The van der Waals surface area contributed by atoms with E-state index in [9.17, 15) is 9.18 Å². The molecule has 1 fully saturated rings. The van der Waals surface area contributed by atoms with Gasteiger partial charge in [0, 0.05) is 12.1 Å². The summed E-state index contributed by atoms with van der Waals surface area (Å²) in [6.07, 6.45) is 5.51. The van der Waals surface area contributed by atoms with Crippen LogP contribution in [0.25, 0.3) is 0 Å². The molecule has 116 valence electrons. The zero-order chi connectivity index (χ0) is 15.2. The lowest BCUT2D eigenvalue weighted by Crippen LogP contribution is -2.46. The molecule has 0 radical (unpaired) electrons. The van der Waals surface area contributed by atoms with E-state index in [2.05, 4.69) is 20.6 Å². The lowest BCUT2D eigenvalue weighted by Gasteiger charge is -2.29. The van der Waals surface area contributed by atoms with Crippen molar-refractivity contribution in [2.75, 3.05) is 0 Å². The molecule has 0 atom stereocenters. The Balaban J connectivity index is 1.73. The Morgan fingerprint density at radius 1 is 1.29 bits per heavy atom. The molecule has 0 saturated heterocycles. The highest BCUT2D eigenvalue weighted by molar-refractivity contribution is 5.74. The zero-order valence-corrected chi connectivity index (χ0v) is 12.3. The van der Waals surface area contributed by atoms with Gasteiger partial charge in [0.05, 0.1) is 12.4 Å². The minimum Gasteiger partial charge on any atom is -0.460 e. The number of urea groups is 1. The fraction of sp³-hybridized carbons (Fsp3) is 0.643. The summed E-state index contributed by atoms with van der Waals surface area (Å²) in [4.78, 5) is 19.2. The molecule has 1 heterocycles. The van der Waals surface area contributed by atoms with Gasteiger partial charge in [-0.3, -0.25) is 0 Å². The molecule has 0 unspecified atom stereocenters. The summed E-state index contributed by atoms with van der Waals surface area (Å²) in [5, 5.41) is 5.77. The lowest BCUT2D eigenvalue weighted by atomic mass is 9.93. The molecule has 0 aromatic carbocycles. The van der Waals surface area contributed by atoms with Gasteiger partial charge in [0.1, 0.15) is 6.10 Å². The summed E-state index contributed by atoms with van der Waals surface area (Å²) >= 11 is 0. The van der Waals surface area contributed by atoms with Crippen molar-refractivity contribution in [3.05, 3.63) is 18.2 Å². The second-order valence-electron chi connectivity index (χ2n) is 5.55. The van der Waals surface area contributed by atoms with E-state index in [1.54, 1.807) is 0 Å². The number of rotatable bonds is 4. The van der Waals surface area contributed by atoms with E-state index in [4.69, 9.17) is 4.74 Å². The van der Waals surface area contributed by atoms with Gasteiger partial charge in [0.25, 0.3) is 0 Å². The van der Waals surface area contributed by atoms with Crippen LogP contribution in [0.2, 0.25) is 0 Å². The molecule has 1 aliphatic carbocycles. The number of hydrogen-bond acceptors (Lipinski definition) is 4. The summed E-state index contributed by atoms with van der Waals surface area (Å²) in [6.45, 7) is 3.85. The fourth-order valence-corrected chi connectivity index (χ4v) is 2.32. The third kappa shape index (κ3) is 5.17. The summed E-state index contributed by atoms with van der Waals surface area (Å²) in [6, 6.07) is 0.361. The molecular weight excluding hydrogens is 275 g/mol. The number of halogens is 1. The molecular formula is C14H21FN4O2. The summed E-state index contributed by atoms with van der Waals surface area (Å²) in [5.41, 5.74) is 0. The van der Waals surface area contributed by atoms with Crippen LogP contribution in [-0.4, -0.2) is 34.2 Å². The molecule has 2 rings (SSSR count). The molecule has 21 heavy (non-hydrogen) atoms. The number of carbonyl (C=O) groups excluding carboxylic acids is 1. The standard InChI is InChI=1S/C14H21FN4O2/c1-9(2)18-13(20)19-11-3-5-12(6-4-11)21-14-16-7-10(15)8-17-14/h7-9,11-12H,3-6H2,1-2H3,(H2,18,19,20). The summed E-state index contributed by atoms with van der Waals surface area (Å²) in [5.74, 6) is -0.480. The maximum absolute atomic E-state index is 12.7. The van der Waals surface area contributed by atoms with Gasteiger partial charge in [0.15, 0.2) is 5.82 Å². The van der Waals surface area contributed by atoms with Crippen molar-refractivity contribution in [1.82, 2.24) is 20.6 Å². The van der Waals surface area contributed by atoms with Crippen molar-refractivity contribution in [3.8, 4) is 6.01 Å². The Kier molecular flexibility index (Phi) is 5.30. The number of hydrogen-bond donors (Lipinski definition) is 2. The van der Waals surface area contributed by atoms with Crippen molar-refractivity contribution in [3.63, 3.8) is 0 Å². The van der Waals surface area contributed by atoms with E-state index in [0.29, 0.717) is 0 Å². The van der Waals surface area contributed by atoms with Gasteiger partial charge in [-0.25, -0.2) is 19.2 Å². The molecule has 1 aromatic rings. The van der Waals surface area contributed by atoms with E-state index in [1.165, 1.54) is 0 Å². The largest absolute Gasteiger partial charge is 0.460 e. The summed E-state index contributed by atoms with van der Waals surface area (Å²) in [7, 11) is 0. The molecule has 1 aromatic heterocycles. The molecule has 1 saturated carbocycles. The van der Waals surface area contributed by atoms with Crippen molar-refractivity contribution < 1.29 is 13.9 Å². The first-order valence-corrected chi connectivity index (χ1v) is 7.24. The van der Waals surface area contributed by atoms with E-state index >= 15 is 0 Å². The van der Waals surface area contributed by atoms with E-state index < -0.39 is 5.82 Å². The lowest BCUT2D eigenvalue weighted by molar-refractivity contribution is 0.128. The van der Waals surface area contributed by atoms with Crippen LogP contribution in [-0.2, 0) is 0 Å². The van der Waals surface area contributed by atoms with Gasteiger partial charge in [-0.2, -0.15) is 0 Å². The smallest absolute Gasteiger partial charge is 0.316 e. The van der Waals surface area contributed by atoms with Gasteiger partial charge >= 0.3 is 12.0 Å². The van der Waals surface area contributed by atoms with Crippen LogP contribution in [0.15, 0.2) is 12.4 Å². The third-order valence-corrected chi connectivity index (χ3v) is 3.30. The van der Waals surface area contributed by atoms with Crippen LogP contribution < -0.4 is 15.4 Å². The number of nitrogens with zero attached hydrogens (tertiary/aromatic N) is 2. The first kappa shape index (κ1) is 15.5. The van der Waals surface area contributed by atoms with Crippen LogP contribution in [0, 0.1) is 5.82 Å². The van der Waals surface area contributed by atoms with Gasteiger partial charge in [0.2, 0.25) is 0 Å². The Morgan fingerprint density at radius 2 is 1.90 bits per heavy atom. The molecule has 6 nitrogen and oxygen atoms in total. The van der Waals surface area contributed by atoms with Crippen LogP contribution in [0.1, 0.15) is 39.5 Å². The SMILES string of the molecule is CC(C)NC(=O)NC1CCC(Oc2ncc(F)cn2)CC1. The first-order chi connectivity index (χ1) is 10.0. The Bertz CT molecular complexity index is 459. The highest BCUT2D eigenvalue weighted by Crippen LogP contribution is 2.22. The molecule has 7 heteroatoms. The molecule has 0 bridgehead atoms. The first-order valence-electron chi connectivity index (χ1n) is 7.24. The highest BCUT2D eigenvalue weighted by Gasteiger charge is 2.24. The van der Waals surface area contributed by atoms with Gasteiger partial charge in [-0.1, -0.05) is 0 Å². The predicted octanol–water partition coefficient (Wildman–Crippen LogP) is 2.01. The van der Waals surface area contributed by atoms with Gasteiger partial charge in [-0.05, 0) is 39.5 Å². The minimum atomic E-state index is -0.480. The average Bonchev–Trinajstić information content (AvgIpc) is 2.42. The van der Waals surface area contributed by atoms with Crippen molar-refractivity contribution in [2.45, 2.75) is 57.7 Å².